The lowest BCUT2D eigenvalue weighted by Gasteiger charge is -2.08. The third-order valence-corrected chi connectivity index (χ3v) is 2.71. The molecule has 0 aliphatic rings. The summed E-state index contributed by atoms with van der Waals surface area (Å²) in [7, 11) is 1.60. The molecule has 0 fully saturated rings. The van der Waals surface area contributed by atoms with Crippen LogP contribution in [-0.2, 0) is 0 Å². The maximum absolute atomic E-state index is 11.4. The van der Waals surface area contributed by atoms with Gasteiger partial charge < -0.3 is 14.8 Å². The van der Waals surface area contributed by atoms with Gasteiger partial charge in [0, 0.05) is 12.6 Å². The molecule has 0 aliphatic carbocycles. The van der Waals surface area contributed by atoms with E-state index in [1.54, 1.807) is 31.3 Å². The molecule has 0 heterocycles. The number of hydrogen-bond acceptors (Lipinski definition) is 3. The fraction of sp³-hybridized carbons (Fsp3) is 0.188. The van der Waals surface area contributed by atoms with Crippen molar-refractivity contribution >= 4 is 5.91 Å². The molecule has 2 rings (SSSR count). The summed E-state index contributed by atoms with van der Waals surface area (Å²) in [6, 6.07) is 16.6. The minimum Gasteiger partial charge on any atom is -0.490 e. The van der Waals surface area contributed by atoms with Crippen LogP contribution in [0.3, 0.4) is 0 Å². The quantitative estimate of drug-likeness (QED) is 0.821. The number of rotatable bonds is 6. The lowest BCUT2D eigenvalue weighted by Crippen LogP contribution is -2.17. The van der Waals surface area contributed by atoms with Crippen LogP contribution >= 0.6 is 0 Å². The topological polar surface area (TPSA) is 47.6 Å². The molecule has 0 saturated carbocycles. The molecule has 4 nitrogen and oxygen atoms in total. The zero-order valence-corrected chi connectivity index (χ0v) is 11.3. The Balaban J connectivity index is 1.75. The van der Waals surface area contributed by atoms with Crippen LogP contribution in [0.25, 0.3) is 0 Å². The van der Waals surface area contributed by atoms with Crippen molar-refractivity contribution < 1.29 is 14.3 Å². The van der Waals surface area contributed by atoms with Crippen molar-refractivity contribution in [1.82, 2.24) is 5.32 Å². The molecule has 0 spiro atoms. The Bertz CT molecular complexity index is 537. The van der Waals surface area contributed by atoms with Crippen molar-refractivity contribution in [2.24, 2.45) is 0 Å². The molecule has 2 aromatic rings. The predicted molar refractivity (Wildman–Crippen MR) is 77.3 cm³/mol. The van der Waals surface area contributed by atoms with Crippen LogP contribution in [-0.4, -0.2) is 26.2 Å². The summed E-state index contributed by atoms with van der Waals surface area (Å²) in [6.45, 7) is 0.926. The SMILES string of the molecule is CNC(=O)c1ccc(OCCOc2ccccc2)cc1. The van der Waals surface area contributed by atoms with Crippen molar-refractivity contribution in [3.8, 4) is 11.5 Å². The van der Waals surface area contributed by atoms with Gasteiger partial charge in [-0.1, -0.05) is 18.2 Å². The molecule has 0 atom stereocenters. The summed E-state index contributed by atoms with van der Waals surface area (Å²) in [6.07, 6.45) is 0. The Morgan fingerprint density at radius 3 is 2.00 bits per heavy atom. The van der Waals surface area contributed by atoms with Crippen LogP contribution in [0, 0.1) is 0 Å². The van der Waals surface area contributed by atoms with E-state index in [2.05, 4.69) is 5.32 Å². The minimum atomic E-state index is -0.107. The predicted octanol–water partition coefficient (Wildman–Crippen LogP) is 2.50. The molecule has 0 saturated heterocycles. The standard InChI is InChI=1S/C16H17NO3/c1-17-16(18)13-7-9-15(10-8-13)20-12-11-19-14-5-3-2-4-6-14/h2-10H,11-12H2,1H3,(H,17,18). The van der Waals surface area contributed by atoms with Gasteiger partial charge in [-0.3, -0.25) is 4.79 Å². The normalized spacial score (nSPS) is 9.85. The molecule has 1 amide bonds. The second-order valence-electron chi connectivity index (χ2n) is 4.11. The maximum atomic E-state index is 11.4. The fourth-order valence-electron chi connectivity index (χ4n) is 1.68. The molecule has 0 radical (unpaired) electrons. The lowest BCUT2D eigenvalue weighted by molar-refractivity contribution is 0.0963. The molecule has 2 aromatic carbocycles. The molecule has 4 heteroatoms. The molecule has 0 bridgehead atoms. The number of amides is 1. The molecule has 0 unspecified atom stereocenters. The van der Waals surface area contributed by atoms with Crippen molar-refractivity contribution in [1.29, 1.82) is 0 Å². The second kappa shape index (κ2) is 7.19. The summed E-state index contributed by atoms with van der Waals surface area (Å²) >= 11 is 0. The second-order valence-corrected chi connectivity index (χ2v) is 4.11. The van der Waals surface area contributed by atoms with E-state index >= 15 is 0 Å². The number of hydrogen-bond donors (Lipinski definition) is 1. The molecule has 1 N–H and O–H groups in total. The van der Waals surface area contributed by atoms with Crippen LogP contribution in [0.5, 0.6) is 11.5 Å². The number of carbonyl (C=O) groups excluding carboxylic acids is 1. The highest BCUT2D eigenvalue weighted by Crippen LogP contribution is 2.12. The van der Waals surface area contributed by atoms with E-state index in [-0.39, 0.29) is 5.91 Å². The molecule has 20 heavy (non-hydrogen) atoms. The Morgan fingerprint density at radius 1 is 0.900 bits per heavy atom. The van der Waals surface area contributed by atoms with Crippen LogP contribution in [0.4, 0.5) is 0 Å². The van der Waals surface area contributed by atoms with Gasteiger partial charge in [-0.2, -0.15) is 0 Å². The number of carbonyl (C=O) groups is 1. The van der Waals surface area contributed by atoms with E-state index in [0.717, 1.165) is 5.75 Å². The van der Waals surface area contributed by atoms with Crippen LogP contribution in [0.15, 0.2) is 54.6 Å². The summed E-state index contributed by atoms with van der Waals surface area (Å²) < 4.78 is 11.1. The maximum Gasteiger partial charge on any atom is 0.251 e. The number of nitrogens with one attached hydrogen (secondary N) is 1. The van der Waals surface area contributed by atoms with Crippen LogP contribution in [0.1, 0.15) is 10.4 Å². The van der Waals surface area contributed by atoms with Gasteiger partial charge >= 0.3 is 0 Å². The zero-order chi connectivity index (χ0) is 14.2. The van der Waals surface area contributed by atoms with Gasteiger partial charge in [0.1, 0.15) is 24.7 Å². The van der Waals surface area contributed by atoms with E-state index in [1.807, 2.05) is 30.3 Å². The Kier molecular flexibility index (Phi) is 5.00. The van der Waals surface area contributed by atoms with Gasteiger partial charge in [0.25, 0.3) is 5.91 Å². The molecule has 0 aliphatic heterocycles. The molecular weight excluding hydrogens is 254 g/mol. The van der Waals surface area contributed by atoms with Crippen molar-refractivity contribution in [2.75, 3.05) is 20.3 Å². The van der Waals surface area contributed by atoms with E-state index in [0.29, 0.717) is 24.5 Å². The average Bonchev–Trinajstić information content (AvgIpc) is 2.52. The highest BCUT2D eigenvalue weighted by Gasteiger charge is 2.02. The Morgan fingerprint density at radius 2 is 1.45 bits per heavy atom. The zero-order valence-electron chi connectivity index (χ0n) is 11.3. The van der Waals surface area contributed by atoms with Gasteiger partial charge in [0.15, 0.2) is 0 Å². The van der Waals surface area contributed by atoms with Gasteiger partial charge in [-0.25, -0.2) is 0 Å². The van der Waals surface area contributed by atoms with E-state index in [1.165, 1.54) is 0 Å². The van der Waals surface area contributed by atoms with Crippen LogP contribution in [0.2, 0.25) is 0 Å². The van der Waals surface area contributed by atoms with E-state index in [4.69, 9.17) is 9.47 Å². The third-order valence-electron chi connectivity index (χ3n) is 2.71. The number of para-hydroxylation sites is 1. The van der Waals surface area contributed by atoms with Gasteiger partial charge in [0.05, 0.1) is 0 Å². The Hall–Kier alpha value is -2.49. The van der Waals surface area contributed by atoms with Gasteiger partial charge in [-0.05, 0) is 36.4 Å². The smallest absolute Gasteiger partial charge is 0.251 e. The lowest BCUT2D eigenvalue weighted by atomic mass is 10.2. The monoisotopic (exact) mass is 271 g/mol. The largest absolute Gasteiger partial charge is 0.490 e. The molecule has 0 aromatic heterocycles. The molecular formula is C16H17NO3. The van der Waals surface area contributed by atoms with Gasteiger partial charge in [-0.15, -0.1) is 0 Å². The minimum absolute atomic E-state index is 0.107. The first-order valence-electron chi connectivity index (χ1n) is 6.42. The summed E-state index contributed by atoms with van der Waals surface area (Å²) in [5, 5.41) is 2.57. The fourth-order valence-corrected chi connectivity index (χ4v) is 1.68. The summed E-state index contributed by atoms with van der Waals surface area (Å²) in [4.78, 5) is 11.4. The third kappa shape index (κ3) is 4.02. The van der Waals surface area contributed by atoms with Crippen molar-refractivity contribution in [3.05, 3.63) is 60.2 Å². The number of benzene rings is 2. The van der Waals surface area contributed by atoms with Crippen molar-refractivity contribution in [3.63, 3.8) is 0 Å². The first kappa shape index (κ1) is 13.9. The highest BCUT2D eigenvalue weighted by molar-refractivity contribution is 5.94. The summed E-state index contributed by atoms with van der Waals surface area (Å²) in [5.41, 5.74) is 0.611. The first-order valence-corrected chi connectivity index (χ1v) is 6.42. The highest BCUT2D eigenvalue weighted by atomic mass is 16.5. The van der Waals surface area contributed by atoms with Crippen LogP contribution < -0.4 is 14.8 Å². The van der Waals surface area contributed by atoms with E-state index in [9.17, 15) is 4.79 Å². The molecule has 104 valence electrons. The summed E-state index contributed by atoms with van der Waals surface area (Å²) in [5.74, 6) is 1.43. The van der Waals surface area contributed by atoms with E-state index < -0.39 is 0 Å². The average molecular weight is 271 g/mol. The van der Waals surface area contributed by atoms with Crippen molar-refractivity contribution in [2.45, 2.75) is 0 Å². The Labute approximate surface area is 118 Å². The number of ether oxygens (including phenoxy) is 2. The first-order chi connectivity index (χ1) is 9.79. The van der Waals surface area contributed by atoms with Gasteiger partial charge in [0.2, 0.25) is 0 Å².